The van der Waals surface area contributed by atoms with Gasteiger partial charge in [0.05, 0.1) is 11.6 Å². The van der Waals surface area contributed by atoms with E-state index in [2.05, 4.69) is 18.7 Å². The molecule has 0 saturated carbocycles. The number of rotatable bonds is 3. The van der Waals surface area contributed by atoms with E-state index < -0.39 is 5.60 Å². The molecule has 3 heteroatoms. The Hall–Kier alpha value is -0.930. The highest BCUT2D eigenvalue weighted by Gasteiger charge is 2.38. The van der Waals surface area contributed by atoms with Crippen LogP contribution in [0.25, 0.3) is 0 Å². The maximum Gasteiger partial charge on any atom is 0.123 e. The smallest absolute Gasteiger partial charge is 0.123 e. The van der Waals surface area contributed by atoms with Crippen molar-refractivity contribution >= 4 is 0 Å². The molecule has 0 aromatic heterocycles. The molecule has 1 saturated heterocycles. The molecule has 1 aromatic rings. The lowest BCUT2D eigenvalue weighted by Gasteiger charge is -2.46. The van der Waals surface area contributed by atoms with Crippen molar-refractivity contribution in [3.8, 4) is 0 Å². The van der Waals surface area contributed by atoms with Gasteiger partial charge >= 0.3 is 0 Å². The lowest BCUT2D eigenvalue weighted by molar-refractivity contribution is -0.0533. The van der Waals surface area contributed by atoms with Crippen LogP contribution < -0.4 is 0 Å². The Bertz CT molecular complexity index is 437. The van der Waals surface area contributed by atoms with E-state index in [0.717, 1.165) is 18.5 Å². The van der Waals surface area contributed by atoms with Crippen LogP contribution in [0.15, 0.2) is 24.3 Å². The van der Waals surface area contributed by atoms with Gasteiger partial charge in [0.25, 0.3) is 0 Å². The summed E-state index contributed by atoms with van der Waals surface area (Å²) in [4.78, 5) is 2.38. The molecule has 0 spiro atoms. The number of halogens is 1. The van der Waals surface area contributed by atoms with Crippen molar-refractivity contribution < 1.29 is 9.50 Å². The highest BCUT2D eigenvalue weighted by atomic mass is 19.1. The quantitative estimate of drug-likeness (QED) is 0.910. The summed E-state index contributed by atoms with van der Waals surface area (Å²) < 4.78 is 13.2. The Balaban J connectivity index is 2.34. The predicted octanol–water partition coefficient (Wildman–Crippen LogP) is 3.76. The van der Waals surface area contributed by atoms with E-state index in [1.54, 1.807) is 12.1 Å². The molecule has 3 atom stereocenters. The Morgan fingerprint density at radius 3 is 2.35 bits per heavy atom. The molecule has 112 valence electrons. The summed E-state index contributed by atoms with van der Waals surface area (Å²) in [6.07, 6.45) is 2.38. The molecule has 0 radical (unpaired) electrons. The number of aliphatic hydroxyl groups is 1. The summed E-state index contributed by atoms with van der Waals surface area (Å²) in [7, 11) is 0. The Kier molecular flexibility index (Phi) is 4.50. The van der Waals surface area contributed by atoms with Gasteiger partial charge in [0.1, 0.15) is 5.82 Å². The molecule has 2 rings (SSSR count). The zero-order valence-electron chi connectivity index (χ0n) is 12.9. The van der Waals surface area contributed by atoms with Gasteiger partial charge in [-0.2, -0.15) is 0 Å². The molecule has 2 nitrogen and oxygen atoms in total. The van der Waals surface area contributed by atoms with Gasteiger partial charge in [0.2, 0.25) is 0 Å². The standard InChI is InChI=1S/C17H26FNO/c1-12-5-6-13(2)19(11-12)16(17(3,4)20)14-7-9-15(18)10-8-14/h7-10,12-13,16,20H,5-6,11H2,1-4H3/t12-,13-,16?/m1/s1. The first-order chi connectivity index (χ1) is 9.29. The SMILES string of the molecule is C[C@@H]1CC[C@@H](C)N(C(c2ccc(F)cc2)C(C)(C)O)C1. The van der Waals surface area contributed by atoms with Crippen molar-refractivity contribution in [1.82, 2.24) is 4.90 Å². The van der Waals surface area contributed by atoms with Crippen LogP contribution in [0.3, 0.4) is 0 Å². The molecule has 1 N–H and O–H groups in total. The van der Waals surface area contributed by atoms with E-state index in [0.29, 0.717) is 12.0 Å². The van der Waals surface area contributed by atoms with Crippen molar-refractivity contribution in [2.75, 3.05) is 6.54 Å². The van der Waals surface area contributed by atoms with Gasteiger partial charge in [0, 0.05) is 12.6 Å². The molecule has 1 aliphatic heterocycles. The number of likely N-dealkylation sites (tertiary alicyclic amines) is 1. The summed E-state index contributed by atoms with van der Waals surface area (Å²) in [5.74, 6) is 0.403. The van der Waals surface area contributed by atoms with Crippen LogP contribution >= 0.6 is 0 Å². The third-order valence-electron chi connectivity index (χ3n) is 4.35. The second kappa shape index (κ2) is 5.82. The van der Waals surface area contributed by atoms with E-state index in [1.807, 2.05) is 13.8 Å². The third kappa shape index (κ3) is 3.39. The van der Waals surface area contributed by atoms with Crippen molar-refractivity contribution in [2.45, 2.75) is 58.2 Å². The molecule has 20 heavy (non-hydrogen) atoms. The number of piperidine rings is 1. The number of hydrogen-bond acceptors (Lipinski definition) is 2. The number of benzene rings is 1. The lowest BCUT2D eigenvalue weighted by atomic mass is 9.85. The molecule has 0 bridgehead atoms. The topological polar surface area (TPSA) is 23.5 Å². The molecule has 1 fully saturated rings. The maximum atomic E-state index is 13.2. The maximum absolute atomic E-state index is 13.2. The van der Waals surface area contributed by atoms with Crippen LogP contribution in [0, 0.1) is 11.7 Å². The summed E-state index contributed by atoms with van der Waals surface area (Å²) in [5, 5.41) is 10.6. The molecule has 1 heterocycles. The van der Waals surface area contributed by atoms with Crippen molar-refractivity contribution in [3.63, 3.8) is 0 Å². The van der Waals surface area contributed by atoms with Gasteiger partial charge in [-0.05, 0) is 57.2 Å². The second-order valence-electron chi connectivity index (χ2n) is 6.84. The molecule has 0 amide bonds. The first kappa shape index (κ1) is 15.5. The highest BCUT2D eigenvalue weighted by molar-refractivity contribution is 5.23. The van der Waals surface area contributed by atoms with Gasteiger partial charge in [-0.25, -0.2) is 4.39 Å². The zero-order chi connectivity index (χ0) is 14.9. The average Bonchev–Trinajstić information content (AvgIpc) is 2.35. The predicted molar refractivity (Wildman–Crippen MR) is 80.0 cm³/mol. The van der Waals surface area contributed by atoms with Gasteiger partial charge in [-0.15, -0.1) is 0 Å². The fourth-order valence-corrected chi connectivity index (χ4v) is 3.33. The molecule has 1 aromatic carbocycles. The molecule has 0 aliphatic carbocycles. The minimum absolute atomic E-state index is 0.0964. The Morgan fingerprint density at radius 2 is 1.80 bits per heavy atom. The average molecular weight is 279 g/mol. The molecular formula is C17H26FNO. The van der Waals surface area contributed by atoms with Crippen LogP contribution in [-0.2, 0) is 0 Å². The van der Waals surface area contributed by atoms with E-state index >= 15 is 0 Å². The molecule has 1 unspecified atom stereocenters. The monoisotopic (exact) mass is 279 g/mol. The Labute approximate surface area is 121 Å². The van der Waals surface area contributed by atoms with E-state index in [9.17, 15) is 9.50 Å². The van der Waals surface area contributed by atoms with Gasteiger partial charge < -0.3 is 5.11 Å². The van der Waals surface area contributed by atoms with Crippen LogP contribution in [0.5, 0.6) is 0 Å². The van der Waals surface area contributed by atoms with Crippen molar-refractivity contribution in [1.29, 1.82) is 0 Å². The zero-order valence-corrected chi connectivity index (χ0v) is 12.9. The first-order valence-corrected chi connectivity index (χ1v) is 7.52. The normalized spacial score (nSPS) is 26.5. The van der Waals surface area contributed by atoms with Crippen LogP contribution in [0.1, 0.15) is 52.1 Å². The third-order valence-corrected chi connectivity index (χ3v) is 4.35. The summed E-state index contributed by atoms with van der Waals surface area (Å²) >= 11 is 0. The summed E-state index contributed by atoms with van der Waals surface area (Å²) in [6.45, 7) is 9.13. The first-order valence-electron chi connectivity index (χ1n) is 7.52. The lowest BCUT2D eigenvalue weighted by Crippen LogP contribution is -2.50. The summed E-state index contributed by atoms with van der Waals surface area (Å²) in [6, 6.07) is 6.89. The highest BCUT2D eigenvalue weighted by Crippen LogP contribution is 2.37. The fourth-order valence-electron chi connectivity index (χ4n) is 3.33. The minimum Gasteiger partial charge on any atom is -0.388 e. The van der Waals surface area contributed by atoms with E-state index in [-0.39, 0.29) is 11.9 Å². The van der Waals surface area contributed by atoms with Crippen LogP contribution in [0.4, 0.5) is 4.39 Å². The van der Waals surface area contributed by atoms with Crippen molar-refractivity contribution in [3.05, 3.63) is 35.6 Å². The molecule has 1 aliphatic rings. The minimum atomic E-state index is -0.858. The van der Waals surface area contributed by atoms with Gasteiger partial charge in [-0.3, -0.25) is 4.90 Å². The van der Waals surface area contributed by atoms with Crippen molar-refractivity contribution in [2.24, 2.45) is 5.92 Å². The van der Waals surface area contributed by atoms with Crippen LogP contribution in [-0.4, -0.2) is 28.2 Å². The van der Waals surface area contributed by atoms with Crippen LogP contribution in [0.2, 0.25) is 0 Å². The second-order valence-corrected chi connectivity index (χ2v) is 6.84. The van der Waals surface area contributed by atoms with E-state index in [4.69, 9.17) is 0 Å². The summed E-state index contributed by atoms with van der Waals surface area (Å²) in [5.41, 5.74) is 0.128. The van der Waals surface area contributed by atoms with Gasteiger partial charge in [-0.1, -0.05) is 19.1 Å². The Morgan fingerprint density at radius 1 is 1.20 bits per heavy atom. The fraction of sp³-hybridized carbons (Fsp3) is 0.647. The number of nitrogens with zero attached hydrogens (tertiary/aromatic N) is 1. The van der Waals surface area contributed by atoms with Gasteiger partial charge in [0.15, 0.2) is 0 Å². The van der Waals surface area contributed by atoms with E-state index in [1.165, 1.54) is 18.6 Å². The number of hydrogen-bond donors (Lipinski definition) is 1. The molecular weight excluding hydrogens is 253 g/mol. The largest absolute Gasteiger partial charge is 0.388 e.